The molecule has 28 heavy (non-hydrogen) atoms. The molecular weight excluding hydrogens is 380 g/mol. The Morgan fingerprint density at radius 1 is 1.21 bits per heavy atom. The molecule has 1 saturated heterocycles. The molecule has 2 aromatic carbocycles. The van der Waals surface area contributed by atoms with Crippen LogP contribution in [0.5, 0.6) is 11.5 Å². The summed E-state index contributed by atoms with van der Waals surface area (Å²) in [5.74, 6) is 0.611. The molecule has 1 aliphatic heterocycles. The number of hydrogen-bond acceptors (Lipinski definition) is 5. The second-order valence-electron chi connectivity index (χ2n) is 6.46. The molecule has 0 spiro atoms. The number of rotatable bonds is 7. The molecule has 7 heteroatoms. The average Bonchev–Trinajstić information content (AvgIpc) is 2.71. The lowest BCUT2D eigenvalue weighted by molar-refractivity contribution is 0.0342. The highest BCUT2D eigenvalue weighted by Gasteiger charge is 2.16. The Bertz CT molecular complexity index is 805. The van der Waals surface area contributed by atoms with E-state index in [2.05, 4.69) is 10.2 Å². The zero-order valence-corrected chi connectivity index (χ0v) is 16.9. The Balaban J connectivity index is 1.66. The zero-order valence-electron chi connectivity index (χ0n) is 16.2. The summed E-state index contributed by atoms with van der Waals surface area (Å²) in [7, 11) is 1.52. The molecule has 1 heterocycles. The van der Waals surface area contributed by atoms with Crippen molar-refractivity contribution in [3.63, 3.8) is 0 Å². The molecule has 0 saturated carbocycles. The summed E-state index contributed by atoms with van der Waals surface area (Å²) >= 11 is 6.25. The minimum atomic E-state index is -0.260. The van der Waals surface area contributed by atoms with Crippen LogP contribution < -0.4 is 14.8 Å². The number of benzene rings is 2. The van der Waals surface area contributed by atoms with Gasteiger partial charge in [-0.15, -0.1) is 0 Å². The monoisotopic (exact) mass is 404 g/mol. The van der Waals surface area contributed by atoms with Crippen LogP contribution in [0.15, 0.2) is 36.4 Å². The fourth-order valence-corrected chi connectivity index (χ4v) is 3.31. The predicted octanol–water partition coefficient (Wildman–Crippen LogP) is 3.83. The summed E-state index contributed by atoms with van der Waals surface area (Å²) in [6, 6.07) is 11.1. The fourth-order valence-electron chi connectivity index (χ4n) is 3.05. The van der Waals surface area contributed by atoms with Crippen LogP contribution in [0.4, 0.5) is 5.69 Å². The van der Waals surface area contributed by atoms with E-state index in [9.17, 15) is 4.79 Å². The molecule has 1 amide bonds. The van der Waals surface area contributed by atoms with Crippen LogP contribution >= 0.6 is 11.6 Å². The van der Waals surface area contributed by atoms with E-state index >= 15 is 0 Å². The van der Waals surface area contributed by atoms with Crippen LogP contribution in [0.25, 0.3) is 0 Å². The van der Waals surface area contributed by atoms with Gasteiger partial charge in [0, 0.05) is 30.9 Å². The number of carbonyl (C=O) groups excluding carboxylic acids is 1. The van der Waals surface area contributed by atoms with Crippen molar-refractivity contribution in [2.24, 2.45) is 0 Å². The summed E-state index contributed by atoms with van der Waals surface area (Å²) in [5, 5.41) is 3.23. The van der Waals surface area contributed by atoms with E-state index in [1.807, 2.05) is 31.2 Å². The summed E-state index contributed by atoms with van der Waals surface area (Å²) in [5.41, 5.74) is 2.33. The van der Waals surface area contributed by atoms with Gasteiger partial charge in [-0.25, -0.2) is 0 Å². The van der Waals surface area contributed by atoms with Gasteiger partial charge in [-0.1, -0.05) is 23.7 Å². The third-order valence-electron chi connectivity index (χ3n) is 4.50. The first-order valence-electron chi connectivity index (χ1n) is 9.31. The minimum Gasteiger partial charge on any atom is -0.493 e. The Labute approximate surface area is 170 Å². The summed E-state index contributed by atoms with van der Waals surface area (Å²) in [4.78, 5) is 15.0. The quantitative estimate of drug-likeness (QED) is 0.759. The molecule has 1 fully saturated rings. The maximum Gasteiger partial charge on any atom is 0.255 e. The van der Waals surface area contributed by atoms with Crippen LogP contribution in [0.2, 0.25) is 5.02 Å². The van der Waals surface area contributed by atoms with Crippen molar-refractivity contribution in [2.45, 2.75) is 13.5 Å². The molecule has 0 radical (unpaired) electrons. The van der Waals surface area contributed by atoms with Crippen molar-refractivity contribution in [1.29, 1.82) is 0 Å². The van der Waals surface area contributed by atoms with Crippen molar-refractivity contribution < 1.29 is 19.0 Å². The predicted molar refractivity (Wildman–Crippen MR) is 110 cm³/mol. The highest BCUT2D eigenvalue weighted by atomic mass is 35.5. The molecule has 2 aromatic rings. The van der Waals surface area contributed by atoms with Gasteiger partial charge in [-0.05, 0) is 36.8 Å². The Morgan fingerprint density at radius 3 is 2.57 bits per heavy atom. The number of morpholine rings is 1. The summed E-state index contributed by atoms with van der Waals surface area (Å²) < 4.78 is 16.2. The first-order valence-corrected chi connectivity index (χ1v) is 9.69. The molecule has 0 aromatic heterocycles. The minimum absolute atomic E-state index is 0.260. The maximum atomic E-state index is 12.6. The lowest BCUT2D eigenvalue weighted by Crippen LogP contribution is -2.35. The molecule has 0 aliphatic carbocycles. The van der Waals surface area contributed by atoms with E-state index in [0.717, 1.165) is 38.5 Å². The van der Waals surface area contributed by atoms with Gasteiger partial charge in [0.05, 0.1) is 32.0 Å². The zero-order chi connectivity index (χ0) is 19.9. The number of halogens is 1. The van der Waals surface area contributed by atoms with E-state index < -0.39 is 0 Å². The third-order valence-corrected chi connectivity index (χ3v) is 4.78. The van der Waals surface area contributed by atoms with Gasteiger partial charge in [0.25, 0.3) is 5.91 Å². The summed E-state index contributed by atoms with van der Waals surface area (Å²) in [6.45, 7) is 6.64. The van der Waals surface area contributed by atoms with E-state index in [-0.39, 0.29) is 5.91 Å². The number of ether oxygens (including phenoxy) is 3. The topological polar surface area (TPSA) is 60.0 Å². The van der Waals surface area contributed by atoms with Gasteiger partial charge in [0.1, 0.15) is 0 Å². The van der Waals surface area contributed by atoms with Crippen LogP contribution in [0.3, 0.4) is 0 Å². The second-order valence-corrected chi connectivity index (χ2v) is 6.87. The number of nitrogens with one attached hydrogen (secondary N) is 1. The van der Waals surface area contributed by atoms with Gasteiger partial charge in [0.15, 0.2) is 11.5 Å². The van der Waals surface area contributed by atoms with E-state index in [0.29, 0.717) is 28.7 Å². The number of amides is 1. The summed E-state index contributed by atoms with van der Waals surface area (Å²) in [6.07, 6.45) is 0. The van der Waals surface area contributed by atoms with Crippen molar-refractivity contribution in [2.75, 3.05) is 45.3 Å². The van der Waals surface area contributed by atoms with Gasteiger partial charge in [-0.3, -0.25) is 9.69 Å². The van der Waals surface area contributed by atoms with E-state index in [1.54, 1.807) is 12.1 Å². The van der Waals surface area contributed by atoms with E-state index in [1.165, 1.54) is 12.7 Å². The molecule has 1 aliphatic rings. The molecule has 3 rings (SSSR count). The third kappa shape index (κ3) is 5.16. The molecule has 1 N–H and O–H groups in total. The van der Waals surface area contributed by atoms with Gasteiger partial charge in [0.2, 0.25) is 0 Å². The van der Waals surface area contributed by atoms with Gasteiger partial charge in [-0.2, -0.15) is 0 Å². The Morgan fingerprint density at radius 2 is 1.93 bits per heavy atom. The van der Waals surface area contributed by atoms with Crippen LogP contribution in [-0.2, 0) is 11.3 Å². The van der Waals surface area contributed by atoms with Crippen molar-refractivity contribution in [3.05, 3.63) is 52.5 Å². The average molecular weight is 405 g/mol. The lowest BCUT2D eigenvalue weighted by atomic mass is 10.1. The molecular formula is C21H25ClN2O4. The van der Waals surface area contributed by atoms with Crippen LogP contribution in [0, 0.1) is 0 Å². The van der Waals surface area contributed by atoms with Crippen LogP contribution in [0.1, 0.15) is 22.8 Å². The maximum absolute atomic E-state index is 12.6. The number of nitrogens with zero attached hydrogens (tertiary/aromatic N) is 1. The first-order chi connectivity index (χ1) is 13.6. The fraction of sp³-hybridized carbons (Fsp3) is 0.381. The Kier molecular flexibility index (Phi) is 7.14. The van der Waals surface area contributed by atoms with Gasteiger partial charge < -0.3 is 19.5 Å². The van der Waals surface area contributed by atoms with E-state index in [4.69, 9.17) is 25.8 Å². The smallest absolute Gasteiger partial charge is 0.255 e. The molecule has 0 bridgehead atoms. The normalized spacial score (nSPS) is 14.5. The lowest BCUT2D eigenvalue weighted by Gasteiger charge is -2.26. The number of hydrogen-bond donors (Lipinski definition) is 1. The number of anilines is 1. The van der Waals surface area contributed by atoms with Crippen LogP contribution in [-0.4, -0.2) is 50.8 Å². The molecule has 6 nitrogen and oxygen atoms in total. The largest absolute Gasteiger partial charge is 0.493 e. The Hall–Kier alpha value is -2.28. The van der Waals surface area contributed by atoms with Crippen molar-refractivity contribution in [1.82, 2.24) is 4.90 Å². The SMILES string of the molecule is CCOc1c(Cl)cc(C(=O)Nc2ccc(CN3CCOCC3)cc2)cc1OC. The number of carbonyl (C=O) groups is 1. The first kappa shape index (κ1) is 20.5. The van der Waals surface area contributed by atoms with Crippen molar-refractivity contribution in [3.8, 4) is 11.5 Å². The highest BCUT2D eigenvalue weighted by molar-refractivity contribution is 6.32. The highest BCUT2D eigenvalue weighted by Crippen LogP contribution is 2.36. The van der Waals surface area contributed by atoms with Crippen molar-refractivity contribution >= 4 is 23.2 Å². The standard InChI is InChI=1S/C21H25ClN2O4/c1-3-28-20-18(22)12-16(13-19(20)26-2)21(25)23-17-6-4-15(5-7-17)14-24-8-10-27-11-9-24/h4-7,12-13H,3,8-11,14H2,1-2H3,(H,23,25). The number of methoxy groups -OCH3 is 1. The molecule has 0 atom stereocenters. The second kappa shape index (κ2) is 9.78. The molecule has 150 valence electrons. The van der Waals surface area contributed by atoms with Gasteiger partial charge >= 0.3 is 0 Å². The molecule has 0 unspecified atom stereocenters.